The third-order valence-electron chi connectivity index (χ3n) is 3.73. The van der Waals surface area contributed by atoms with Crippen LogP contribution in [0.25, 0.3) is 0 Å². The van der Waals surface area contributed by atoms with Crippen LogP contribution in [-0.2, 0) is 4.79 Å². The third kappa shape index (κ3) is 5.44. The highest BCUT2D eigenvalue weighted by atomic mass is 16.2. The van der Waals surface area contributed by atoms with Crippen LogP contribution in [-0.4, -0.2) is 32.1 Å². The molecule has 0 bridgehead atoms. The quantitative estimate of drug-likeness (QED) is 0.620. The van der Waals surface area contributed by atoms with E-state index in [1.165, 1.54) is 0 Å². The first-order valence-corrected chi connectivity index (χ1v) is 8.38. The summed E-state index contributed by atoms with van der Waals surface area (Å²) in [6, 6.07) is 14.5. The fraction of sp³-hybridized carbons (Fsp3) is 0.250. The Morgan fingerprint density at radius 2 is 1.62 bits per heavy atom. The fourth-order valence-corrected chi connectivity index (χ4v) is 2.08. The number of hydrazone groups is 1. The van der Waals surface area contributed by atoms with E-state index in [-0.39, 0.29) is 17.7 Å². The predicted octanol–water partition coefficient (Wildman–Crippen LogP) is 3.11. The number of hydrogen-bond acceptors (Lipinski definition) is 4. The minimum Gasteiger partial charge on any atom is -0.378 e. The second kappa shape index (κ2) is 8.80. The van der Waals surface area contributed by atoms with E-state index < -0.39 is 0 Å². The normalized spacial score (nSPS) is 10.8. The number of amides is 2. The highest BCUT2D eigenvalue weighted by Gasteiger charge is 2.08. The first-order valence-electron chi connectivity index (χ1n) is 8.38. The Morgan fingerprint density at radius 1 is 1.00 bits per heavy atom. The van der Waals surface area contributed by atoms with E-state index in [0.29, 0.717) is 11.3 Å². The van der Waals surface area contributed by atoms with Gasteiger partial charge in [0.05, 0.1) is 6.21 Å². The van der Waals surface area contributed by atoms with Crippen LogP contribution in [0, 0.1) is 5.92 Å². The highest BCUT2D eigenvalue weighted by molar-refractivity contribution is 5.96. The number of nitrogens with one attached hydrogen (secondary N) is 2. The smallest absolute Gasteiger partial charge is 0.271 e. The van der Waals surface area contributed by atoms with Gasteiger partial charge in [-0.3, -0.25) is 9.59 Å². The van der Waals surface area contributed by atoms with E-state index in [1.807, 2.05) is 57.1 Å². The summed E-state index contributed by atoms with van der Waals surface area (Å²) in [7, 11) is 3.95. The van der Waals surface area contributed by atoms with Gasteiger partial charge in [-0.2, -0.15) is 5.10 Å². The van der Waals surface area contributed by atoms with Crippen molar-refractivity contribution >= 4 is 29.4 Å². The van der Waals surface area contributed by atoms with Crippen molar-refractivity contribution < 1.29 is 9.59 Å². The molecular formula is C20H24N4O2. The summed E-state index contributed by atoms with van der Waals surface area (Å²) in [6.07, 6.45) is 1.59. The predicted molar refractivity (Wildman–Crippen MR) is 106 cm³/mol. The van der Waals surface area contributed by atoms with Gasteiger partial charge < -0.3 is 10.2 Å². The molecule has 0 aromatic heterocycles. The van der Waals surface area contributed by atoms with E-state index in [9.17, 15) is 9.59 Å². The number of benzene rings is 2. The molecule has 2 rings (SSSR count). The van der Waals surface area contributed by atoms with Crippen molar-refractivity contribution in [2.75, 3.05) is 24.3 Å². The Bertz CT molecular complexity index is 778. The maximum atomic E-state index is 12.1. The van der Waals surface area contributed by atoms with Crippen LogP contribution in [0.1, 0.15) is 29.8 Å². The van der Waals surface area contributed by atoms with Crippen LogP contribution in [0.4, 0.5) is 11.4 Å². The first kappa shape index (κ1) is 19.2. The molecule has 0 fully saturated rings. The van der Waals surface area contributed by atoms with Crippen LogP contribution < -0.4 is 15.6 Å². The molecule has 0 aliphatic carbocycles. The van der Waals surface area contributed by atoms with Crippen molar-refractivity contribution in [3.8, 4) is 0 Å². The van der Waals surface area contributed by atoms with Crippen LogP contribution in [0.15, 0.2) is 53.6 Å². The van der Waals surface area contributed by atoms with Crippen LogP contribution in [0.2, 0.25) is 0 Å². The van der Waals surface area contributed by atoms with Gasteiger partial charge in [0, 0.05) is 37.0 Å². The lowest BCUT2D eigenvalue weighted by Crippen LogP contribution is -2.19. The zero-order chi connectivity index (χ0) is 19.1. The van der Waals surface area contributed by atoms with Crippen molar-refractivity contribution in [3.63, 3.8) is 0 Å². The van der Waals surface area contributed by atoms with Crippen molar-refractivity contribution in [1.29, 1.82) is 0 Å². The largest absolute Gasteiger partial charge is 0.378 e. The monoisotopic (exact) mass is 352 g/mol. The Labute approximate surface area is 153 Å². The van der Waals surface area contributed by atoms with Gasteiger partial charge >= 0.3 is 0 Å². The first-order chi connectivity index (χ1) is 12.4. The van der Waals surface area contributed by atoms with Crippen LogP contribution in [0.5, 0.6) is 0 Å². The van der Waals surface area contributed by atoms with E-state index in [1.54, 1.807) is 30.5 Å². The van der Waals surface area contributed by atoms with Crippen molar-refractivity contribution in [3.05, 3.63) is 59.7 Å². The molecule has 0 heterocycles. The third-order valence-corrected chi connectivity index (χ3v) is 3.73. The zero-order valence-corrected chi connectivity index (χ0v) is 15.5. The van der Waals surface area contributed by atoms with E-state index in [4.69, 9.17) is 0 Å². The van der Waals surface area contributed by atoms with Crippen molar-refractivity contribution in [2.45, 2.75) is 13.8 Å². The number of hydrogen-bond donors (Lipinski definition) is 2. The van der Waals surface area contributed by atoms with Gasteiger partial charge in [-0.25, -0.2) is 5.43 Å². The number of nitrogens with zero attached hydrogens (tertiary/aromatic N) is 2. The van der Waals surface area contributed by atoms with Gasteiger partial charge in [0.15, 0.2) is 0 Å². The van der Waals surface area contributed by atoms with E-state index in [0.717, 1.165) is 11.3 Å². The summed E-state index contributed by atoms with van der Waals surface area (Å²) >= 11 is 0. The Kier molecular flexibility index (Phi) is 6.49. The molecule has 6 nitrogen and oxygen atoms in total. The second-order valence-electron chi connectivity index (χ2n) is 6.41. The lowest BCUT2D eigenvalue weighted by atomic mass is 10.1. The summed E-state index contributed by atoms with van der Waals surface area (Å²) in [5.41, 5.74) is 5.60. The Hall–Kier alpha value is -3.15. The van der Waals surface area contributed by atoms with Crippen molar-refractivity contribution in [1.82, 2.24) is 5.43 Å². The molecule has 0 spiro atoms. The average Bonchev–Trinajstić information content (AvgIpc) is 2.62. The minimum atomic E-state index is -0.312. The Morgan fingerprint density at radius 3 is 2.15 bits per heavy atom. The summed E-state index contributed by atoms with van der Waals surface area (Å²) in [5, 5.41) is 6.76. The molecule has 2 aromatic carbocycles. The molecule has 0 saturated heterocycles. The zero-order valence-electron chi connectivity index (χ0n) is 15.5. The minimum absolute atomic E-state index is 0.0629. The number of carbonyl (C=O) groups excluding carboxylic acids is 2. The summed E-state index contributed by atoms with van der Waals surface area (Å²) in [4.78, 5) is 25.8. The maximum Gasteiger partial charge on any atom is 0.271 e. The summed E-state index contributed by atoms with van der Waals surface area (Å²) in [5.74, 6) is -0.473. The van der Waals surface area contributed by atoms with Gasteiger partial charge in [0.1, 0.15) is 0 Å². The number of rotatable bonds is 6. The molecule has 26 heavy (non-hydrogen) atoms. The van der Waals surface area contributed by atoms with Gasteiger partial charge in [0.25, 0.3) is 5.91 Å². The maximum absolute atomic E-state index is 12.1. The Balaban J connectivity index is 1.92. The second-order valence-corrected chi connectivity index (χ2v) is 6.41. The number of anilines is 2. The molecule has 2 aromatic rings. The van der Waals surface area contributed by atoms with Gasteiger partial charge in [-0.05, 0) is 42.0 Å². The molecule has 6 heteroatoms. The topological polar surface area (TPSA) is 73.8 Å². The van der Waals surface area contributed by atoms with Gasteiger partial charge in [-0.15, -0.1) is 0 Å². The van der Waals surface area contributed by atoms with E-state index >= 15 is 0 Å². The molecule has 0 aliphatic heterocycles. The molecule has 0 aliphatic rings. The molecule has 0 radical (unpaired) electrons. The standard InChI is InChI=1S/C20H24N4O2/c1-14(2)19(25)22-17-9-7-16(8-10-17)20(26)23-21-13-15-5-11-18(12-6-15)24(3)4/h5-14H,1-4H3,(H,22,25)(H,23,26). The summed E-state index contributed by atoms with van der Waals surface area (Å²) in [6.45, 7) is 3.65. The number of carbonyl (C=O) groups is 2. The van der Waals surface area contributed by atoms with Crippen LogP contribution in [0.3, 0.4) is 0 Å². The fourth-order valence-electron chi connectivity index (χ4n) is 2.08. The van der Waals surface area contributed by atoms with E-state index in [2.05, 4.69) is 15.8 Å². The van der Waals surface area contributed by atoms with Crippen LogP contribution >= 0.6 is 0 Å². The molecule has 0 unspecified atom stereocenters. The SMILES string of the molecule is CC(C)C(=O)Nc1ccc(C(=O)NN=Cc2ccc(N(C)C)cc2)cc1. The highest BCUT2D eigenvalue weighted by Crippen LogP contribution is 2.12. The molecule has 0 atom stereocenters. The molecular weight excluding hydrogens is 328 g/mol. The molecule has 136 valence electrons. The summed E-state index contributed by atoms with van der Waals surface area (Å²) < 4.78 is 0. The lowest BCUT2D eigenvalue weighted by Gasteiger charge is -2.11. The van der Waals surface area contributed by atoms with Gasteiger partial charge in [-0.1, -0.05) is 26.0 Å². The molecule has 2 N–H and O–H groups in total. The van der Waals surface area contributed by atoms with Gasteiger partial charge in [0.2, 0.25) is 5.91 Å². The van der Waals surface area contributed by atoms with Crippen molar-refractivity contribution in [2.24, 2.45) is 11.0 Å². The average molecular weight is 352 g/mol. The molecule has 0 saturated carbocycles. The molecule has 2 amide bonds. The lowest BCUT2D eigenvalue weighted by molar-refractivity contribution is -0.118.